The largest absolute Gasteiger partial charge is 0.495 e. The minimum Gasteiger partial charge on any atom is -0.495 e. The van der Waals surface area contributed by atoms with Crippen LogP contribution < -0.4 is 14.4 Å². The van der Waals surface area contributed by atoms with Crippen molar-refractivity contribution in [1.82, 2.24) is 4.98 Å². The highest BCUT2D eigenvalue weighted by Gasteiger charge is 2.27. The normalized spacial score (nSPS) is 15.8. The summed E-state index contributed by atoms with van der Waals surface area (Å²) >= 11 is 1.45. The van der Waals surface area contributed by atoms with Gasteiger partial charge in [-0.1, -0.05) is 53.8 Å². The molecule has 1 amide bonds. The maximum absolute atomic E-state index is 13.7. The molecule has 0 aliphatic carbocycles. The molecule has 1 unspecified atom stereocenters. The van der Waals surface area contributed by atoms with Crippen molar-refractivity contribution in [3.8, 4) is 11.5 Å². The number of aromatic nitrogens is 1. The average Bonchev–Trinajstić information content (AvgIpc) is 3.52. The number of methoxy groups -OCH3 is 2. The number of rotatable bonds is 7. The summed E-state index contributed by atoms with van der Waals surface area (Å²) in [6.45, 7) is 1.21. The van der Waals surface area contributed by atoms with E-state index in [0.717, 1.165) is 40.5 Å². The van der Waals surface area contributed by atoms with Crippen LogP contribution in [0.25, 0.3) is 21.0 Å². The predicted octanol–water partition coefficient (Wildman–Crippen LogP) is 5.22. The van der Waals surface area contributed by atoms with Crippen molar-refractivity contribution < 1.29 is 19.0 Å². The second-order valence-corrected chi connectivity index (χ2v) is 9.08. The van der Waals surface area contributed by atoms with Gasteiger partial charge in [0, 0.05) is 6.61 Å². The third-order valence-electron chi connectivity index (χ3n) is 6.06. The molecule has 4 aromatic rings. The number of anilines is 1. The van der Waals surface area contributed by atoms with Gasteiger partial charge in [-0.15, -0.1) is 0 Å². The van der Waals surface area contributed by atoms with Crippen molar-refractivity contribution in [1.29, 1.82) is 0 Å². The lowest BCUT2D eigenvalue weighted by molar-refractivity contribution is -0.118. The molecule has 1 fully saturated rings. The van der Waals surface area contributed by atoms with E-state index in [-0.39, 0.29) is 18.4 Å². The van der Waals surface area contributed by atoms with Crippen LogP contribution in [0.3, 0.4) is 0 Å². The lowest BCUT2D eigenvalue weighted by atomic mass is 10.0. The molecule has 3 aromatic carbocycles. The second-order valence-electron chi connectivity index (χ2n) is 8.10. The summed E-state index contributed by atoms with van der Waals surface area (Å²) in [5.74, 6) is 1.37. The number of thiazole rings is 1. The van der Waals surface area contributed by atoms with Gasteiger partial charge in [-0.25, -0.2) is 4.98 Å². The molecule has 1 aliphatic heterocycles. The quantitative estimate of drug-likeness (QED) is 0.377. The lowest BCUT2D eigenvalue weighted by Crippen LogP contribution is -2.38. The first-order chi connectivity index (χ1) is 16.2. The van der Waals surface area contributed by atoms with Crippen LogP contribution in [-0.2, 0) is 16.0 Å². The fourth-order valence-electron chi connectivity index (χ4n) is 4.37. The molecule has 5 rings (SSSR count). The van der Waals surface area contributed by atoms with Crippen LogP contribution in [-0.4, -0.2) is 44.4 Å². The van der Waals surface area contributed by atoms with Crippen LogP contribution in [0.1, 0.15) is 18.4 Å². The Morgan fingerprint density at radius 3 is 2.67 bits per heavy atom. The van der Waals surface area contributed by atoms with Gasteiger partial charge in [0.1, 0.15) is 21.7 Å². The van der Waals surface area contributed by atoms with E-state index in [1.165, 1.54) is 11.3 Å². The lowest BCUT2D eigenvalue weighted by Gasteiger charge is -2.23. The van der Waals surface area contributed by atoms with Crippen LogP contribution in [0.2, 0.25) is 0 Å². The fraction of sp³-hybridized carbons (Fsp3) is 0.308. The Morgan fingerprint density at radius 1 is 1.09 bits per heavy atom. The number of ether oxygens (including phenoxy) is 3. The number of amides is 1. The topological polar surface area (TPSA) is 60.9 Å². The Bertz CT molecular complexity index is 1250. The molecule has 1 aliphatic rings. The summed E-state index contributed by atoms with van der Waals surface area (Å²) in [5.41, 5.74) is 1.71. The third-order valence-corrected chi connectivity index (χ3v) is 7.16. The monoisotopic (exact) mass is 462 g/mol. The van der Waals surface area contributed by atoms with E-state index in [1.54, 1.807) is 19.1 Å². The zero-order chi connectivity index (χ0) is 22.8. The Hall–Kier alpha value is -3.16. The molecule has 7 heteroatoms. The highest BCUT2D eigenvalue weighted by atomic mass is 32.1. The molecule has 0 radical (unpaired) electrons. The van der Waals surface area contributed by atoms with Gasteiger partial charge in [0.25, 0.3) is 0 Å². The number of carbonyl (C=O) groups excluding carboxylic acids is 1. The maximum atomic E-state index is 13.7. The second kappa shape index (κ2) is 9.37. The first-order valence-electron chi connectivity index (χ1n) is 11.1. The van der Waals surface area contributed by atoms with Crippen LogP contribution in [0, 0.1) is 0 Å². The van der Waals surface area contributed by atoms with Gasteiger partial charge in [0.2, 0.25) is 5.91 Å². The summed E-state index contributed by atoms with van der Waals surface area (Å²) in [4.78, 5) is 20.3. The van der Waals surface area contributed by atoms with Gasteiger partial charge >= 0.3 is 0 Å². The zero-order valence-corrected chi connectivity index (χ0v) is 19.6. The molecule has 1 saturated heterocycles. The first-order valence-corrected chi connectivity index (χ1v) is 11.9. The maximum Gasteiger partial charge on any atom is 0.233 e. The highest BCUT2D eigenvalue weighted by Crippen LogP contribution is 2.40. The Labute approximate surface area is 196 Å². The van der Waals surface area contributed by atoms with E-state index in [9.17, 15) is 4.79 Å². The van der Waals surface area contributed by atoms with Crippen molar-refractivity contribution >= 4 is 43.4 Å². The van der Waals surface area contributed by atoms with Gasteiger partial charge in [-0.2, -0.15) is 0 Å². The summed E-state index contributed by atoms with van der Waals surface area (Å²) in [5, 5.41) is 2.86. The number of hydrogen-bond donors (Lipinski definition) is 0. The van der Waals surface area contributed by atoms with E-state index in [4.69, 9.17) is 19.2 Å². The van der Waals surface area contributed by atoms with E-state index in [0.29, 0.717) is 28.7 Å². The van der Waals surface area contributed by atoms with E-state index in [2.05, 4.69) is 18.2 Å². The SMILES string of the molecule is COc1ccc(OC)c2sc(N(CC3CCCO3)C(=O)Cc3cccc4ccccc34)nc12. The van der Waals surface area contributed by atoms with E-state index >= 15 is 0 Å². The molecule has 1 atom stereocenters. The minimum absolute atomic E-state index is 0.00107. The van der Waals surface area contributed by atoms with Crippen molar-refractivity contribution in [3.05, 3.63) is 60.2 Å². The van der Waals surface area contributed by atoms with Gasteiger partial charge in [0.15, 0.2) is 5.13 Å². The number of fused-ring (bicyclic) bond motifs is 2. The van der Waals surface area contributed by atoms with Crippen LogP contribution in [0.15, 0.2) is 54.6 Å². The summed E-state index contributed by atoms with van der Waals surface area (Å²) in [7, 11) is 3.26. The summed E-state index contributed by atoms with van der Waals surface area (Å²) < 4.78 is 17.8. The molecule has 2 heterocycles. The molecule has 33 heavy (non-hydrogen) atoms. The summed E-state index contributed by atoms with van der Waals surface area (Å²) in [6.07, 6.45) is 2.25. The molecule has 6 nitrogen and oxygen atoms in total. The minimum atomic E-state index is -0.00107. The van der Waals surface area contributed by atoms with Gasteiger partial charge in [-0.3, -0.25) is 9.69 Å². The molecule has 0 saturated carbocycles. The van der Waals surface area contributed by atoms with Crippen LogP contribution >= 0.6 is 11.3 Å². The number of hydrogen-bond acceptors (Lipinski definition) is 6. The van der Waals surface area contributed by atoms with Crippen molar-refractivity contribution in [2.45, 2.75) is 25.4 Å². The van der Waals surface area contributed by atoms with Gasteiger partial charge in [0.05, 0.1) is 33.3 Å². The molecule has 0 bridgehead atoms. The Morgan fingerprint density at radius 2 is 1.88 bits per heavy atom. The number of benzene rings is 3. The smallest absolute Gasteiger partial charge is 0.233 e. The van der Waals surface area contributed by atoms with Crippen LogP contribution in [0.5, 0.6) is 11.5 Å². The average molecular weight is 463 g/mol. The van der Waals surface area contributed by atoms with E-state index < -0.39 is 0 Å². The highest BCUT2D eigenvalue weighted by molar-refractivity contribution is 7.22. The van der Waals surface area contributed by atoms with Crippen molar-refractivity contribution in [2.24, 2.45) is 0 Å². The molecular weight excluding hydrogens is 436 g/mol. The number of nitrogens with zero attached hydrogens (tertiary/aromatic N) is 2. The zero-order valence-electron chi connectivity index (χ0n) is 18.7. The van der Waals surface area contributed by atoms with E-state index in [1.807, 2.05) is 36.4 Å². The Balaban J connectivity index is 1.53. The van der Waals surface area contributed by atoms with Crippen molar-refractivity contribution in [3.63, 3.8) is 0 Å². The fourth-order valence-corrected chi connectivity index (χ4v) is 5.47. The van der Waals surface area contributed by atoms with Crippen molar-refractivity contribution in [2.75, 3.05) is 32.3 Å². The molecule has 0 spiro atoms. The molecule has 1 aromatic heterocycles. The molecule has 170 valence electrons. The number of carbonyl (C=O) groups is 1. The molecule has 0 N–H and O–H groups in total. The first kappa shape index (κ1) is 21.7. The van der Waals surface area contributed by atoms with Crippen LogP contribution in [0.4, 0.5) is 5.13 Å². The summed E-state index contributed by atoms with van der Waals surface area (Å²) in [6, 6.07) is 18.0. The Kier molecular flexibility index (Phi) is 6.15. The predicted molar refractivity (Wildman–Crippen MR) is 132 cm³/mol. The third kappa shape index (κ3) is 4.26. The van der Waals surface area contributed by atoms with Gasteiger partial charge in [-0.05, 0) is 41.3 Å². The standard InChI is InChI=1S/C26H26N2O4S/c1-30-21-12-13-22(31-2)25-24(21)27-26(33-25)28(16-19-10-6-14-32-19)23(29)15-18-9-5-8-17-7-3-4-11-20(17)18/h3-5,7-9,11-13,19H,6,10,14-16H2,1-2H3. The molecular formula is C26H26N2O4S. The van der Waals surface area contributed by atoms with Gasteiger partial charge < -0.3 is 14.2 Å².